The average Bonchev–Trinajstić information content (AvgIpc) is 3.26. The van der Waals surface area contributed by atoms with Crippen LogP contribution in [0, 0.1) is 0 Å². The summed E-state index contributed by atoms with van der Waals surface area (Å²) < 4.78 is 0. The molecule has 3 heterocycles. The lowest BCUT2D eigenvalue weighted by molar-refractivity contribution is 0.0834. The fourth-order valence-electron chi connectivity index (χ4n) is 5.94. The lowest BCUT2D eigenvalue weighted by Crippen LogP contribution is -2.48. The van der Waals surface area contributed by atoms with Crippen LogP contribution in [0.4, 0.5) is 0 Å². The van der Waals surface area contributed by atoms with Crippen LogP contribution in [0.25, 0.3) is 0 Å². The van der Waals surface area contributed by atoms with E-state index < -0.39 is 0 Å². The van der Waals surface area contributed by atoms with Gasteiger partial charge in [0.1, 0.15) is 0 Å². The normalized spacial score (nSPS) is 25.9. The van der Waals surface area contributed by atoms with Gasteiger partial charge in [-0.25, -0.2) is 0 Å². The Balaban J connectivity index is 1.32. The fourth-order valence-corrected chi connectivity index (χ4v) is 5.94. The third kappa shape index (κ3) is 6.17. The predicted octanol–water partition coefficient (Wildman–Crippen LogP) is 3.91. The number of nitrogens with zero attached hydrogens (tertiary/aromatic N) is 4. The van der Waals surface area contributed by atoms with Crippen LogP contribution in [0.2, 0.25) is 0 Å². The van der Waals surface area contributed by atoms with Crippen molar-refractivity contribution in [3.8, 4) is 0 Å². The van der Waals surface area contributed by atoms with Gasteiger partial charge in [0.15, 0.2) is 0 Å². The smallest absolute Gasteiger partial charge is 0.0120 e. The second kappa shape index (κ2) is 11.3. The summed E-state index contributed by atoms with van der Waals surface area (Å²) in [5.74, 6) is 0. The van der Waals surface area contributed by atoms with Crippen LogP contribution in [-0.4, -0.2) is 96.1 Å². The van der Waals surface area contributed by atoms with Crippen molar-refractivity contribution in [1.29, 1.82) is 0 Å². The highest BCUT2D eigenvalue weighted by Gasteiger charge is 2.28. The molecule has 164 valence electrons. The molecule has 4 heteroatoms. The molecule has 0 radical (unpaired) electrons. The van der Waals surface area contributed by atoms with Crippen LogP contribution in [0.5, 0.6) is 0 Å². The number of hydrogen-bond donors (Lipinski definition) is 0. The molecule has 0 amide bonds. The van der Waals surface area contributed by atoms with Gasteiger partial charge in [0.25, 0.3) is 0 Å². The molecular weight excluding hydrogens is 344 g/mol. The van der Waals surface area contributed by atoms with E-state index in [2.05, 4.69) is 47.3 Å². The molecule has 0 N–H and O–H groups in total. The SMILES string of the molecule is CCN(CCCC(C)N1CCC(N2CCCC2)CC1)C1CCN(C(C)C)CC1. The Morgan fingerprint density at radius 3 is 2.00 bits per heavy atom. The topological polar surface area (TPSA) is 13.0 Å². The molecule has 0 aromatic carbocycles. The standard InChI is InChI=1S/C24H48N4/c1-5-25(23-10-17-26(18-11-23)21(2)3)16-8-9-22(4)27-19-12-24(13-20-27)28-14-6-7-15-28/h21-24H,5-20H2,1-4H3. The van der Waals surface area contributed by atoms with Gasteiger partial charge in [0, 0.05) is 24.2 Å². The van der Waals surface area contributed by atoms with Crippen LogP contribution in [0.15, 0.2) is 0 Å². The number of piperidine rings is 2. The minimum atomic E-state index is 0.714. The molecule has 3 saturated heterocycles. The van der Waals surface area contributed by atoms with Gasteiger partial charge in [-0.3, -0.25) is 0 Å². The van der Waals surface area contributed by atoms with Gasteiger partial charge >= 0.3 is 0 Å². The Labute approximate surface area is 175 Å². The molecule has 0 saturated carbocycles. The maximum absolute atomic E-state index is 2.78. The van der Waals surface area contributed by atoms with E-state index in [1.165, 1.54) is 104 Å². The molecule has 1 unspecified atom stereocenters. The molecule has 4 nitrogen and oxygen atoms in total. The molecular formula is C24H48N4. The van der Waals surface area contributed by atoms with Gasteiger partial charge in [-0.1, -0.05) is 6.92 Å². The summed E-state index contributed by atoms with van der Waals surface area (Å²) in [7, 11) is 0. The van der Waals surface area contributed by atoms with Gasteiger partial charge in [-0.05, 0) is 124 Å². The van der Waals surface area contributed by atoms with E-state index in [0.717, 1.165) is 18.1 Å². The highest BCUT2D eigenvalue weighted by molar-refractivity contribution is 4.85. The minimum absolute atomic E-state index is 0.714. The Hall–Kier alpha value is -0.160. The van der Waals surface area contributed by atoms with Gasteiger partial charge in [0.05, 0.1) is 0 Å². The summed E-state index contributed by atoms with van der Waals surface area (Å²) in [6.07, 6.45) is 11.1. The highest BCUT2D eigenvalue weighted by atomic mass is 15.2. The van der Waals surface area contributed by atoms with Crippen molar-refractivity contribution >= 4 is 0 Å². The largest absolute Gasteiger partial charge is 0.301 e. The minimum Gasteiger partial charge on any atom is -0.301 e. The zero-order valence-corrected chi connectivity index (χ0v) is 19.4. The maximum Gasteiger partial charge on any atom is 0.0120 e. The first kappa shape index (κ1) is 22.5. The zero-order chi connectivity index (χ0) is 19.9. The first-order valence-corrected chi connectivity index (χ1v) is 12.5. The molecule has 0 aromatic heterocycles. The van der Waals surface area contributed by atoms with Crippen molar-refractivity contribution in [2.45, 2.75) is 103 Å². The molecule has 0 aromatic rings. The Kier molecular flexibility index (Phi) is 9.08. The monoisotopic (exact) mass is 392 g/mol. The van der Waals surface area contributed by atoms with Crippen LogP contribution in [-0.2, 0) is 0 Å². The lowest BCUT2D eigenvalue weighted by atomic mass is 9.99. The summed E-state index contributed by atoms with van der Waals surface area (Å²) in [4.78, 5) is 11.0. The molecule has 0 aliphatic carbocycles. The van der Waals surface area contributed by atoms with Crippen molar-refractivity contribution in [2.24, 2.45) is 0 Å². The van der Waals surface area contributed by atoms with E-state index in [1.807, 2.05) is 0 Å². The van der Waals surface area contributed by atoms with Crippen LogP contribution in [0.3, 0.4) is 0 Å². The second-order valence-electron chi connectivity index (χ2n) is 9.99. The van der Waals surface area contributed by atoms with Crippen molar-refractivity contribution in [3.63, 3.8) is 0 Å². The van der Waals surface area contributed by atoms with Crippen LogP contribution < -0.4 is 0 Å². The first-order valence-electron chi connectivity index (χ1n) is 12.5. The number of likely N-dealkylation sites (tertiary alicyclic amines) is 3. The average molecular weight is 393 g/mol. The lowest BCUT2D eigenvalue weighted by Gasteiger charge is -2.41. The molecule has 28 heavy (non-hydrogen) atoms. The van der Waals surface area contributed by atoms with Crippen molar-refractivity contribution in [2.75, 3.05) is 52.4 Å². The summed E-state index contributed by atoms with van der Waals surface area (Å²) in [5, 5.41) is 0. The maximum atomic E-state index is 2.78. The summed E-state index contributed by atoms with van der Waals surface area (Å²) in [5.41, 5.74) is 0. The molecule has 3 aliphatic heterocycles. The van der Waals surface area contributed by atoms with Gasteiger partial charge < -0.3 is 19.6 Å². The van der Waals surface area contributed by atoms with E-state index in [9.17, 15) is 0 Å². The third-order valence-corrected chi connectivity index (χ3v) is 8.00. The van der Waals surface area contributed by atoms with Crippen LogP contribution in [0.1, 0.15) is 79.1 Å². The number of hydrogen-bond acceptors (Lipinski definition) is 4. The van der Waals surface area contributed by atoms with Gasteiger partial charge in [-0.2, -0.15) is 0 Å². The second-order valence-corrected chi connectivity index (χ2v) is 9.99. The van der Waals surface area contributed by atoms with E-state index in [4.69, 9.17) is 0 Å². The first-order chi connectivity index (χ1) is 13.6. The summed E-state index contributed by atoms with van der Waals surface area (Å²) in [6, 6.07) is 3.19. The van der Waals surface area contributed by atoms with Gasteiger partial charge in [-0.15, -0.1) is 0 Å². The summed E-state index contributed by atoms with van der Waals surface area (Å²) in [6.45, 7) is 20.0. The van der Waals surface area contributed by atoms with E-state index in [1.54, 1.807) is 0 Å². The number of rotatable bonds is 9. The van der Waals surface area contributed by atoms with Crippen molar-refractivity contribution in [1.82, 2.24) is 19.6 Å². The molecule has 3 fully saturated rings. The van der Waals surface area contributed by atoms with Crippen LogP contribution >= 0.6 is 0 Å². The molecule has 0 bridgehead atoms. The van der Waals surface area contributed by atoms with Crippen molar-refractivity contribution in [3.05, 3.63) is 0 Å². The van der Waals surface area contributed by atoms with E-state index in [0.29, 0.717) is 6.04 Å². The molecule has 3 rings (SSSR count). The Morgan fingerprint density at radius 1 is 0.821 bits per heavy atom. The molecule has 3 aliphatic rings. The molecule has 0 spiro atoms. The Bertz CT molecular complexity index is 418. The fraction of sp³-hybridized carbons (Fsp3) is 1.00. The predicted molar refractivity (Wildman–Crippen MR) is 121 cm³/mol. The highest BCUT2D eigenvalue weighted by Crippen LogP contribution is 2.24. The van der Waals surface area contributed by atoms with Crippen molar-refractivity contribution < 1.29 is 0 Å². The Morgan fingerprint density at radius 2 is 1.43 bits per heavy atom. The van der Waals surface area contributed by atoms with Gasteiger partial charge in [0.2, 0.25) is 0 Å². The third-order valence-electron chi connectivity index (χ3n) is 8.00. The van der Waals surface area contributed by atoms with E-state index >= 15 is 0 Å². The van der Waals surface area contributed by atoms with E-state index in [-0.39, 0.29) is 0 Å². The zero-order valence-electron chi connectivity index (χ0n) is 19.4. The quantitative estimate of drug-likeness (QED) is 0.590. The molecule has 1 atom stereocenters. The summed E-state index contributed by atoms with van der Waals surface area (Å²) >= 11 is 0.